The largest absolute Gasteiger partial charge is 0.206 e. The molecule has 0 aromatic rings. The van der Waals surface area contributed by atoms with E-state index in [4.69, 9.17) is 0 Å². The van der Waals surface area contributed by atoms with Gasteiger partial charge in [-0.05, 0) is 36.1 Å². The molecule has 0 aliphatic carbocycles. The van der Waals surface area contributed by atoms with E-state index in [0.717, 1.165) is 17.6 Å². The highest BCUT2D eigenvalue weighted by Gasteiger charge is 2.05. The molecule has 0 aliphatic heterocycles. The van der Waals surface area contributed by atoms with E-state index >= 15 is 0 Å². The molecule has 128 valence electrons. The van der Waals surface area contributed by atoms with Crippen LogP contribution in [-0.4, -0.2) is 0 Å². The summed E-state index contributed by atoms with van der Waals surface area (Å²) in [6.45, 7) is 32.6. The molecule has 0 unspecified atom stereocenters. The fourth-order valence-electron chi connectivity index (χ4n) is 1.27. The smallest absolute Gasteiger partial charge is 0.131 e. The maximum atomic E-state index is 14.1. The maximum Gasteiger partial charge on any atom is 0.131 e. The molecule has 1 heteroatoms. The number of halogens is 1. The SMILES string of the molecule is C=C.C=C(C)/C=C\C(=C)C(=C)/C(F)=C\C(=C)C(=C)/C=C\C(=C)CC. The van der Waals surface area contributed by atoms with Crippen molar-refractivity contribution in [3.05, 3.63) is 122 Å². The Morgan fingerprint density at radius 1 is 0.792 bits per heavy atom. The van der Waals surface area contributed by atoms with Crippen LogP contribution in [0.25, 0.3) is 0 Å². The quantitative estimate of drug-likeness (QED) is 0.304. The predicted molar refractivity (Wildman–Crippen MR) is 110 cm³/mol. The van der Waals surface area contributed by atoms with E-state index < -0.39 is 5.83 Å². The number of hydrogen-bond acceptors (Lipinski definition) is 0. The van der Waals surface area contributed by atoms with Gasteiger partial charge < -0.3 is 0 Å². The lowest BCUT2D eigenvalue weighted by Gasteiger charge is -2.05. The van der Waals surface area contributed by atoms with E-state index in [1.165, 1.54) is 6.08 Å². The Bertz CT molecular complexity index is 618. The lowest BCUT2D eigenvalue weighted by molar-refractivity contribution is 0.655. The number of allylic oxidation sites excluding steroid dienone is 12. The van der Waals surface area contributed by atoms with Gasteiger partial charge in [-0.25, -0.2) is 4.39 Å². The van der Waals surface area contributed by atoms with E-state index in [2.05, 4.69) is 52.6 Å². The van der Waals surface area contributed by atoms with Crippen molar-refractivity contribution in [2.75, 3.05) is 0 Å². The second kappa shape index (κ2) is 12.8. The Labute approximate surface area is 147 Å². The molecule has 24 heavy (non-hydrogen) atoms. The molecule has 0 nitrogen and oxygen atoms in total. The lowest BCUT2D eigenvalue weighted by atomic mass is 10.0. The van der Waals surface area contributed by atoms with Gasteiger partial charge in [0.25, 0.3) is 0 Å². The summed E-state index contributed by atoms with van der Waals surface area (Å²) in [6, 6.07) is 0. The lowest BCUT2D eigenvalue weighted by Crippen LogP contribution is -1.88. The molecular weight excluding hydrogens is 295 g/mol. The molecular formula is C23H29F. The van der Waals surface area contributed by atoms with E-state index in [0.29, 0.717) is 16.7 Å². The highest BCUT2D eigenvalue weighted by atomic mass is 19.1. The van der Waals surface area contributed by atoms with Crippen LogP contribution in [0.3, 0.4) is 0 Å². The third kappa shape index (κ3) is 10.1. The summed E-state index contributed by atoms with van der Waals surface area (Å²) in [5.41, 5.74) is 3.65. The molecule has 0 aromatic heterocycles. The Kier molecular flexibility index (Phi) is 12.6. The highest BCUT2D eigenvalue weighted by molar-refractivity contribution is 5.52. The molecule has 0 saturated heterocycles. The van der Waals surface area contributed by atoms with Crippen LogP contribution < -0.4 is 0 Å². The Morgan fingerprint density at radius 3 is 1.75 bits per heavy atom. The molecule has 0 spiro atoms. The van der Waals surface area contributed by atoms with Crippen molar-refractivity contribution >= 4 is 0 Å². The average molecular weight is 324 g/mol. The summed E-state index contributed by atoms with van der Waals surface area (Å²) in [4.78, 5) is 0. The highest BCUT2D eigenvalue weighted by Crippen LogP contribution is 2.22. The second-order valence-corrected chi connectivity index (χ2v) is 5.07. The maximum absolute atomic E-state index is 14.1. The Hall–Kier alpha value is -2.67. The molecule has 0 saturated carbocycles. The first-order valence-corrected chi connectivity index (χ1v) is 7.52. The third-order valence-corrected chi connectivity index (χ3v) is 2.93. The van der Waals surface area contributed by atoms with Gasteiger partial charge >= 0.3 is 0 Å². The van der Waals surface area contributed by atoms with Crippen LogP contribution in [-0.2, 0) is 0 Å². The van der Waals surface area contributed by atoms with Gasteiger partial charge in [0.1, 0.15) is 5.83 Å². The summed E-state index contributed by atoms with van der Waals surface area (Å²) in [6.07, 6.45) is 9.23. The van der Waals surface area contributed by atoms with E-state index in [1.54, 1.807) is 18.2 Å². The van der Waals surface area contributed by atoms with Crippen LogP contribution in [0.15, 0.2) is 122 Å². The molecule has 0 atom stereocenters. The van der Waals surface area contributed by atoms with Crippen LogP contribution in [0.1, 0.15) is 20.3 Å². The average Bonchev–Trinajstić information content (AvgIpc) is 2.57. The van der Waals surface area contributed by atoms with Gasteiger partial charge in [-0.1, -0.05) is 81.8 Å². The van der Waals surface area contributed by atoms with Gasteiger partial charge in [-0.3, -0.25) is 0 Å². The molecule has 0 aliphatic rings. The first kappa shape index (κ1) is 23.6. The minimum absolute atomic E-state index is 0.216. The van der Waals surface area contributed by atoms with Crippen molar-refractivity contribution in [2.45, 2.75) is 20.3 Å². The van der Waals surface area contributed by atoms with Crippen LogP contribution in [0.5, 0.6) is 0 Å². The summed E-state index contributed by atoms with van der Waals surface area (Å²) in [7, 11) is 0. The molecule has 0 bridgehead atoms. The standard InChI is InChI=1S/C21H25F.C2H4/c1-9-16(4)11-13-17(5)19(7)14-21(22)20(8)18(6)12-10-15(2)3;1-2/h10-14H,2,4-9H2,1,3H3;1-2H2/b12-10-,13-11-,21-14+;. The number of rotatable bonds is 9. The first-order valence-electron chi connectivity index (χ1n) is 7.52. The van der Waals surface area contributed by atoms with Crippen molar-refractivity contribution in [3.63, 3.8) is 0 Å². The van der Waals surface area contributed by atoms with Crippen molar-refractivity contribution in [1.29, 1.82) is 0 Å². The topological polar surface area (TPSA) is 0 Å². The van der Waals surface area contributed by atoms with Gasteiger partial charge in [0.05, 0.1) is 0 Å². The zero-order chi connectivity index (χ0) is 19.3. The second-order valence-electron chi connectivity index (χ2n) is 5.07. The monoisotopic (exact) mass is 324 g/mol. The van der Waals surface area contributed by atoms with E-state index in [9.17, 15) is 4.39 Å². The van der Waals surface area contributed by atoms with Crippen molar-refractivity contribution in [3.8, 4) is 0 Å². The first-order chi connectivity index (χ1) is 11.2. The molecule has 0 aromatic carbocycles. The molecule has 0 amide bonds. The molecule has 0 fully saturated rings. The number of hydrogen-bond donors (Lipinski definition) is 0. The predicted octanol–water partition coefficient (Wildman–Crippen LogP) is 7.52. The van der Waals surface area contributed by atoms with E-state index in [1.807, 2.05) is 19.9 Å². The fourth-order valence-corrected chi connectivity index (χ4v) is 1.27. The van der Waals surface area contributed by atoms with E-state index in [-0.39, 0.29) is 5.57 Å². The third-order valence-electron chi connectivity index (χ3n) is 2.93. The minimum Gasteiger partial charge on any atom is -0.206 e. The Balaban J connectivity index is 0. The molecule has 0 rings (SSSR count). The van der Waals surface area contributed by atoms with Crippen molar-refractivity contribution < 1.29 is 4.39 Å². The van der Waals surface area contributed by atoms with Gasteiger partial charge in [-0.2, -0.15) is 0 Å². The van der Waals surface area contributed by atoms with Gasteiger partial charge in [0.15, 0.2) is 0 Å². The van der Waals surface area contributed by atoms with Crippen LogP contribution in [0.2, 0.25) is 0 Å². The van der Waals surface area contributed by atoms with Crippen molar-refractivity contribution in [1.82, 2.24) is 0 Å². The van der Waals surface area contributed by atoms with Gasteiger partial charge in [0, 0.05) is 5.57 Å². The van der Waals surface area contributed by atoms with Crippen LogP contribution in [0.4, 0.5) is 4.39 Å². The Morgan fingerprint density at radius 2 is 1.29 bits per heavy atom. The van der Waals surface area contributed by atoms with Crippen molar-refractivity contribution in [2.24, 2.45) is 0 Å². The molecule has 0 radical (unpaired) electrons. The zero-order valence-corrected chi connectivity index (χ0v) is 15.1. The zero-order valence-electron chi connectivity index (χ0n) is 15.1. The van der Waals surface area contributed by atoms with Crippen LogP contribution in [0, 0.1) is 0 Å². The summed E-state index contributed by atoms with van der Waals surface area (Å²) in [5.74, 6) is -0.481. The van der Waals surface area contributed by atoms with Gasteiger partial charge in [-0.15, -0.1) is 13.2 Å². The minimum atomic E-state index is -0.481. The summed E-state index contributed by atoms with van der Waals surface area (Å²) >= 11 is 0. The summed E-state index contributed by atoms with van der Waals surface area (Å²) in [5, 5.41) is 0. The summed E-state index contributed by atoms with van der Waals surface area (Å²) < 4.78 is 14.1. The molecule has 0 heterocycles. The fraction of sp³-hybridized carbons (Fsp3) is 0.130. The molecule has 0 N–H and O–H groups in total. The van der Waals surface area contributed by atoms with Crippen LogP contribution >= 0.6 is 0 Å². The normalized spacial score (nSPS) is 10.9. The van der Waals surface area contributed by atoms with Gasteiger partial charge in [0.2, 0.25) is 0 Å².